The van der Waals surface area contributed by atoms with E-state index in [0.717, 1.165) is 104 Å². The van der Waals surface area contributed by atoms with E-state index in [4.69, 9.17) is 66.3 Å². The molecule has 0 aromatic heterocycles. The van der Waals surface area contributed by atoms with E-state index in [1.165, 1.54) is 19.8 Å². The molecule has 0 spiro atoms. The van der Waals surface area contributed by atoms with Crippen molar-refractivity contribution in [2.75, 3.05) is 13.2 Å². The highest BCUT2D eigenvalue weighted by atomic mass is 16.8. The van der Waals surface area contributed by atoms with Crippen molar-refractivity contribution in [1.29, 1.82) is 0 Å². The Morgan fingerprint density at radius 1 is 0.388 bits per heavy atom. The Morgan fingerprint density at radius 2 is 0.806 bits per heavy atom. The molecule has 3 fully saturated rings. The summed E-state index contributed by atoms with van der Waals surface area (Å²) in [7, 11) is 0. The van der Waals surface area contributed by atoms with E-state index in [9.17, 15) is 19.5 Å². The highest BCUT2D eigenvalue weighted by Crippen LogP contribution is 2.38. The molecule has 3 aliphatic heterocycles. The molecule has 1 unspecified atom stereocenters. The first kappa shape index (κ1) is 80.5. The number of hydrogen-bond acceptors (Lipinski definition) is 18. The van der Waals surface area contributed by atoms with Crippen LogP contribution in [0.25, 0.3) is 0 Å². The van der Waals surface area contributed by atoms with Crippen LogP contribution < -0.4 is 0 Å². The number of Topliss-reactive ketones (excluding diaryl/α,β-unsaturated/α-hetero) is 1. The zero-order valence-corrected chi connectivity index (χ0v) is 61.1. The number of aliphatic hydroxyl groups is 1. The molecule has 103 heavy (non-hydrogen) atoms. The molecule has 0 saturated carbocycles. The molecule has 560 valence electrons. The molecule has 3 heterocycles. The second-order valence-corrected chi connectivity index (χ2v) is 27.5. The number of ether oxygens (including phenoxy) is 14. The first-order valence-corrected chi connectivity index (χ1v) is 37.7. The van der Waals surface area contributed by atoms with Gasteiger partial charge >= 0.3 is 11.9 Å². The van der Waals surface area contributed by atoms with Crippen molar-refractivity contribution < 1.29 is 85.8 Å². The van der Waals surface area contributed by atoms with Crippen LogP contribution in [0.2, 0.25) is 0 Å². The van der Waals surface area contributed by atoms with Gasteiger partial charge in [-0.3, -0.25) is 9.59 Å². The zero-order valence-electron chi connectivity index (χ0n) is 61.1. The standard InChI is InChI=1S/C85H112O18/c1-6-8-9-10-11-14-35-51-70(52-36-15-12-13-22-38-61(3)86)99-85-82(80(94-57-68-47-31-20-32-48-68)76(92-55-66-43-27-18-28-44-66)71(101-85)59-90-53-64-39-23-16-24-40-64)103-83-74(89)78(102-73(88)37-7-2)77(98-63(5)87)72(100-83)60-96-84-81(95-58-69-49-33-21-34-50-69)79(93-56-67-45-29-19-30-46-67)75(62(4)97-84)91-54-65-41-25-17-26-42-65/h16-21,23-34,39-50,62,70-72,74-85,89H,6-15,22,35-38,51-60H2,1-5H3/t62-,70?,71-,72-,74-,75+,76-,77-,78-,79+,80+,81+,82-,83+,84-,85-/m1/s1. The number of benzene rings is 6. The van der Waals surface area contributed by atoms with Crippen molar-refractivity contribution in [3.05, 3.63) is 215 Å². The van der Waals surface area contributed by atoms with Gasteiger partial charge in [-0.05, 0) is 72.9 Å². The number of hydrogen-bond donors (Lipinski definition) is 1. The second-order valence-electron chi connectivity index (χ2n) is 27.5. The number of carbonyl (C=O) groups excluding carboxylic acids is 3. The summed E-state index contributed by atoms with van der Waals surface area (Å²) >= 11 is 0. The summed E-state index contributed by atoms with van der Waals surface area (Å²) in [5, 5.41) is 13.1. The molecule has 18 nitrogen and oxygen atoms in total. The average molecular weight is 1420 g/mol. The van der Waals surface area contributed by atoms with Crippen molar-refractivity contribution in [3.63, 3.8) is 0 Å². The van der Waals surface area contributed by atoms with Crippen LogP contribution in [0.5, 0.6) is 0 Å². The van der Waals surface area contributed by atoms with Crippen LogP contribution in [-0.2, 0) is 120 Å². The Balaban J connectivity index is 1.10. The third kappa shape index (κ3) is 27.1. The molecular weight excluding hydrogens is 1310 g/mol. The number of carbonyl (C=O) groups is 3. The number of unbranched alkanes of at least 4 members (excludes halogenated alkanes) is 10. The van der Waals surface area contributed by atoms with Crippen LogP contribution in [-0.4, -0.2) is 134 Å². The normalized spacial score (nSPS) is 25.2. The third-order valence-corrected chi connectivity index (χ3v) is 19.0. The Labute approximate surface area is 610 Å². The lowest BCUT2D eigenvalue weighted by atomic mass is 9.95. The van der Waals surface area contributed by atoms with Gasteiger partial charge in [0.25, 0.3) is 0 Å². The highest BCUT2D eigenvalue weighted by Gasteiger charge is 2.56. The van der Waals surface area contributed by atoms with Gasteiger partial charge in [-0.2, -0.15) is 0 Å². The zero-order chi connectivity index (χ0) is 72.2. The van der Waals surface area contributed by atoms with Crippen LogP contribution in [0.15, 0.2) is 182 Å². The fourth-order valence-corrected chi connectivity index (χ4v) is 13.5. The lowest BCUT2D eigenvalue weighted by molar-refractivity contribution is -0.383. The van der Waals surface area contributed by atoms with Gasteiger partial charge in [-0.25, -0.2) is 0 Å². The Kier molecular flexibility index (Phi) is 35.2. The molecule has 3 saturated heterocycles. The van der Waals surface area contributed by atoms with Crippen LogP contribution in [0.4, 0.5) is 0 Å². The van der Waals surface area contributed by atoms with Crippen LogP contribution in [0, 0.1) is 0 Å². The van der Waals surface area contributed by atoms with Gasteiger partial charge in [0.15, 0.2) is 31.1 Å². The van der Waals surface area contributed by atoms with Crippen LogP contribution >= 0.6 is 0 Å². The molecule has 1 N–H and O–H groups in total. The van der Waals surface area contributed by atoms with E-state index in [1.807, 2.05) is 196 Å². The fourth-order valence-electron chi connectivity index (χ4n) is 13.5. The quantitative estimate of drug-likeness (QED) is 0.0279. The lowest BCUT2D eigenvalue weighted by Gasteiger charge is -2.50. The Hall–Kier alpha value is -6.59. The van der Waals surface area contributed by atoms with Crippen molar-refractivity contribution in [2.45, 2.75) is 282 Å². The average Bonchev–Trinajstić information content (AvgIpc) is 0.775. The number of aliphatic hydroxyl groups excluding tert-OH is 1. The number of rotatable bonds is 46. The predicted octanol–water partition coefficient (Wildman–Crippen LogP) is 15.6. The molecule has 18 heteroatoms. The van der Waals surface area contributed by atoms with Gasteiger partial charge in [0.2, 0.25) is 0 Å². The van der Waals surface area contributed by atoms with Gasteiger partial charge in [-0.15, -0.1) is 0 Å². The summed E-state index contributed by atoms with van der Waals surface area (Å²) in [4.78, 5) is 39.4. The highest BCUT2D eigenvalue weighted by molar-refractivity contribution is 5.75. The van der Waals surface area contributed by atoms with Gasteiger partial charge in [0.1, 0.15) is 60.7 Å². The molecular formula is C85H112O18. The van der Waals surface area contributed by atoms with Gasteiger partial charge in [0.05, 0.1) is 65.1 Å². The molecule has 0 amide bonds. The lowest BCUT2D eigenvalue weighted by Crippen LogP contribution is -2.67. The molecule has 3 aliphatic rings. The molecule has 16 atom stereocenters. The van der Waals surface area contributed by atoms with E-state index in [1.54, 1.807) is 6.92 Å². The smallest absolute Gasteiger partial charge is 0.306 e. The molecule has 0 radical (unpaired) electrons. The first-order chi connectivity index (χ1) is 50.4. The predicted molar refractivity (Wildman–Crippen MR) is 391 cm³/mol. The Bertz CT molecular complexity index is 3260. The van der Waals surface area contributed by atoms with Crippen LogP contribution in [0.1, 0.15) is 177 Å². The molecule has 6 aromatic carbocycles. The first-order valence-electron chi connectivity index (χ1n) is 37.7. The second kappa shape index (κ2) is 45.0. The molecule has 6 aromatic rings. The van der Waals surface area contributed by atoms with Gasteiger partial charge in [0, 0.05) is 19.8 Å². The van der Waals surface area contributed by atoms with E-state index in [0.29, 0.717) is 19.3 Å². The summed E-state index contributed by atoms with van der Waals surface area (Å²) in [6.07, 6.45) is -2.87. The van der Waals surface area contributed by atoms with Crippen LogP contribution in [0.3, 0.4) is 0 Å². The van der Waals surface area contributed by atoms with Crippen molar-refractivity contribution in [2.24, 2.45) is 0 Å². The molecule has 9 rings (SSSR count). The van der Waals surface area contributed by atoms with E-state index < -0.39 is 104 Å². The van der Waals surface area contributed by atoms with Gasteiger partial charge in [-0.1, -0.05) is 266 Å². The molecule has 0 aliphatic carbocycles. The summed E-state index contributed by atoms with van der Waals surface area (Å²) in [6.45, 7) is 9.67. The van der Waals surface area contributed by atoms with Crippen molar-refractivity contribution in [3.8, 4) is 0 Å². The fraction of sp³-hybridized carbons (Fsp3) is 0.541. The summed E-state index contributed by atoms with van der Waals surface area (Å²) in [5.74, 6) is -1.18. The minimum atomic E-state index is -1.80. The minimum absolute atomic E-state index is 0.00976. The largest absolute Gasteiger partial charge is 0.456 e. The molecule has 0 bridgehead atoms. The summed E-state index contributed by atoms with van der Waals surface area (Å²) in [6, 6.07) is 59.1. The van der Waals surface area contributed by atoms with Crippen molar-refractivity contribution in [1.82, 2.24) is 0 Å². The number of ketones is 1. The SMILES string of the molecule is CCCCCCCCCC(CCCCCCCC(C)=O)O[C@@H]1O[C@H](COCc2ccccc2)[C@@H](OCc2ccccc2)[C@H](OCc2ccccc2)[C@H]1O[C@@H]1O[C@H](CO[C@@H]2O[C@H](C)[C@H](OCc3ccccc3)[C@H](OCc3ccccc3)[C@@H]2OCc2ccccc2)[C@@H](OC(C)=O)[C@H](OC(=O)CCC)[C@H]1O. The minimum Gasteiger partial charge on any atom is -0.456 e. The topological polar surface area (TPSA) is 201 Å². The number of esters is 2. The Morgan fingerprint density at radius 3 is 1.28 bits per heavy atom. The van der Waals surface area contributed by atoms with E-state index in [2.05, 4.69) is 6.92 Å². The van der Waals surface area contributed by atoms with Gasteiger partial charge < -0.3 is 76.2 Å². The monoisotopic (exact) mass is 1420 g/mol. The summed E-state index contributed by atoms with van der Waals surface area (Å²) in [5.41, 5.74) is 5.51. The maximum atomic E-state index is 14.0. The maximum absolute atomic E-state index is 14.0. The van der Waals surface area contributed by atoms with E-state index in [-0.39, 0.29) is 71.2 Å². The summed E-state index contributed by atoms with van der Waals surface area (Å²) < 4.78 is 97.1. The third-order valence-electron chi connectivity index (χ3n) is 19.0. The maximum Gasteiger partial charge on any atom is 0.306 e. The van der Waals surface area contributed by atoms with E-state index >= 15 is 0 Å². The van der Waals surface area contributed by atoms with Crippen molar-refractivity contribution >= 4 is 17.7 Å².